The molecule has 9 nitrogen and oxygen atoms in total. The molecule has 0 unspecified atom stereocenters. The molecule has 0 aliphatic carbocycles. The number of methoxy groups -OCH3 is 2. The lowest BCUT2D eigenvalue weighted by Crippen LogP contribution is -2.07. The molecule has 2 aromatic carbocycles. The van der Waals surface area contributed by atoms with Gasteiger partial charge in [0.15, 0.2) is 6.61 Å². The van der Waals surface area contributed by atoms with Crippen LogP contribution in [0.4, 0.5) is 4.39 Å². The van der Waals surface area contributed by atoms with Crippen molar-refractivity contribution in [1.82, 2.24) is 19.9 Å². The third-order valence-electron chi connectivity index (χ3n) is 4.72. The number of aryl methyl sites for hydroxylation is 1. The van der Waals surface area contributed by atoms with Crippen LogP contribution in [-0.4, -0.2) is 40.1 Å². The number of benzene rings is 2. The average Bonchev–Trinajstić information content (AvgIpc) is 3.41. The largest absolute Gasteiger partial charge is 0.497 e. The number of hydrogen-bond donors (Lipinski definition) is 0. The minimum atomic E-state index is -0.715. The van der Waals surface area contributed by atoms with E-state index in [2.05, 4.69) is 15.2 Å². The van der Waals surface area contributed by atoms with Gasteiger partial charge >= 0.3 is 5.97 Å². The fraction of sp³-hybridized carbons (Fsp3) is 0.182. The van der Waals surface area contributed by atoms with Gasteiger partial charge in [0.2, 0.25) is 5.82 Å². The first kappa shape index (κ1) is 22.3. The van der Waals surface area contributed by atoms with Crippen LogP contribution < -0.4 is 9.47 Å². The predicted molar refractivity (Wildman–Crippen MR) is 115 cm³/mol. The molecule has 0 aliphatic heterocycles. The first-order valence-corrected chi connectivity index (χ1v) is 10.0. The molecular weight excluding hydrogens is 455 g/mol. The van der Waals surface area contributed by atoms with E-state index < -0.39 is 11.8 Å². The minimum Gasteiger partial charge on any atom is -0.497 e. The molecule has 33 heavy (non-hydrogen) atoms. The maximum atomic E-state index is 13.2. The van der Waals surface area contributed by atoms with Crippen LogP contribution in [0.5, 0.6) is 11.5 Å². The van der Waals surface area contributed by atoms with Crippen molar-refractivity contribution in [3.05, 3.63) is 70.6 Å². The molecule has 0 saturated carbocycles. The second kappa shape index (κ2) is 9.29. The summed E-state index contributed by atoms with van der Waals surface area (Å²) in [4.78, 5) is 16.9. The molecule has 4 rings (SSSR count). The topological polar surface area (TPSA) is 102 Å². The molecule has 0 radical (unpaired) electrons. The summed E-state index contributed by atoms with van der Waals surface area (Å²) >= 11 is 6.35. The zero-order valence-electron chi connectivity index (χ0n) is 17.8. The predicted octanol–water partition coefficient (Wildman–Crippen LogP) is 4.40. The Morgan fingerprint density at radius 1 is 1.15 bits per heavy atom. The zero-order valence-corrected chi connectivity index (χ0v) is 18.6. The van der Waals surface area contributed by atoms with Crippen molar-refractivity contribution in [3.8, 4) is 28.6 Å². The maximum Gasteiger partial charge on any atom is 0.343 e. The van der Waals surface area contributed by atoms with Gasteiger partial charge in [0.05, 0.1) is 31.2 Å². The fourth-order valence-electron chi connectivity index (χ4n) is 3.09. The van der Waals surface area contributed by atoms with Gasteiger partial charge in [0, 0.05) is 6.07 Å². The average molecular weight is 473 g/mol. The van der Waals surface area contributed by atoms with Gasteiger partial charge in [-0.05, 0) is 43.3 Å². The van der Waals surface area contributed by atoms with E-state index in [0.29, 0.717) is 28.4 Å². The van der Waals surface area contributed by atoms with Crippen LogP contribution in [0.2, 0.25) is 5.15 Å². The number of esters is 1. The molecule has 2 heterocycles. The molecule has 0 spiro atoms. The monoisotopic (exact) mass is 472 g/mol. The minimum absolute atomic E-state index is 0.0401. The smallest absolute Gasteiger partial charge is 0.343 e. The molecule has 0 fully saturated rings. The molecule has 0 bridgehead atoms. The summed E-state index contributed by atoms with van der Waals surface area (Å²) in [6.07, 6.45) is 0. The first-order valence-electron chi connectivity index (χ1n) is 9.64. The van der Waals surface area contributed by atoms with Gasteiger partial charge in [-0.2, -0.15) is 10.1 Å². The van der Waals surface area contributed by atoms with Crippen molar-refractivity contribution >= 4 is 17.6 Å². The van der Waals surface area contributed by atoms with E-state index in [0.717, 1.165) is 0 Å². The Hall–Kier alpha value is -3.92. The van der Waals surface area contributed by atoms with Crippen molar-refractivity contribution < 1.29 is 27.9 Å². The molecule has 0 amide bonds. The highest BCUT2D eigenvalue weighted by Crippen LogP contribution is 2.31. The lowest BCUT2D eigenvalue weighted by Gasteiger charge is -2.07. The highest BCUT2D eigenvalue weighted by atomic mass is 35.5. The highest BCUT2D eigenvalue weighted by molar-refractivity contribution is 6.33. The summed E-state index contributed by atoms with van der Waals surface area (Å²) in [5, 5.41) is 8.20. The number of aromatic nitrogens is 4. The molecule has 4 aromatic rings. The lowest BCUT2D eigenvalue weighted by molar-refractivity contribution is 0.0429. The fourth-order valence-corrected chi connectivity index (χ4v) is 3.44. The zero-order chi connectivity index (χ0) is 23.5. The van der Waals surface area contributed by atoms with Crippen molar-refractivity contribution in [1.29, 1.82) is 0 Å². The van der Waals surface area contributed by atoms with Crippen molar-refractivity contribution in [2.24, 2.45) is 0 Å². The van der Waals surface area contributed by atoms with E-state index >= 15 is 0 Å². The number of carbonyl (C=O) groups excluding carboxylic acids is 1. The second-order valence-electron chi connectivity index (χ2n) is 6.79. The highest BCUT2D eigenvalue weighted by Gasteiger charge is 2.23. The van der Waals surface area contributed by atoms with Gasteiger partial charge in [0.1, 0.15) is 28.0 Å². The normalized spacial score (nSPS) is 10.8. The number of nitrogens with zero attached hydrogens (tertiary/aromatic N) is 4. The Labute approximate surface area is 192 Å². The van der Waals surface area contributed by atoms with E-state index in [1.54, 1.807) is 32.2 Å². The van der Waals surface area contributed by atoms with Gasteiger partial charge in [0.25, 0.3) is 5.89 Å². The SMILES string of the molecule is COc1ccc(-c2noc(COC(=O)c3c(C)nn(-c4ccc(F)cc4)c3Cl)n2)c(OC)c1. The van der Waals surface area contributed by atoms with Crippen LogP contribution in [0.3, 0.4) is 0 Å². The van der Waals surface area contributed by atoms with Crippen LogP contribution in [-0.2, 0) is 11.3 Å². The molecule has 2 aromatic heterocycles. The van der Waals surface area contributed by atoms with Crippen LogP contribution in [0.1, 0.15) is 21.9 Å². The van der Waals surface area contributed by atoms with Crippen LogP contribution >= 0.6 is 11.6 Å². The number of carbonyl (C=O) groups is 1. The first-order chi connectivity index (χ1) is 15.9. The third-order valence-corrected chi connectivity index (χ3v) is 5.07. The Bertz CT molecular complexity index is 1300. The van der Waals surface area contributed by atoms with Crippen molar-refractivity contribution in [2.45, 2.75) is 13.5 Å². The van der Waals surface area contributed by atoms with Crippen LogP contribution in [0.15, 0.2) is 47.0 Å². The number of halogens is 2. The Kier molecular flexibility index (Phi) is 6.27. The molecule has 11 heteroatoms. The summed E-state index contributed by atoms with van der Waals surface area (Å²) in [6.45, 7) is 1.34. The quantitative estimate of drug-likeness (QED) is 0.365. The van der Waals surface area contributed by atoms with Gasteiger partial charge in [-0.25, -0.2) is 13.9 Å². The molecule has 0 saturated heterocycles. The van der Waals surface area contributed by atoms with Crippen LogP contribution in [0.25, 0.3) is 17.1 Å². The van der Waals surface area contributed by atoms with E-state index in [-0.39, 0.29) is 29.0 Å². The molecule has 0 atom stereocenters. The lowest BCUT2D eigenvalue weighted by atomic mass is 10.2. The standard InChI is InChI=1S/C22H18ClFN4O5/c1-12-19(20(23)28(26-12)14-6-4-13(24)5-7-14)22(29)32-11-18-25-21(27-33-18)16-9-8-15(30-2)10-17(16)31-3/h4-10H,11H2,1-3H3. The maximum absolute atomic E-state index is 13.2. The van der Waals surface area contributed by atoms with Gasteiger partial charge < -0.3 is 18.7 Å². The van der Waals surface area contributed by atoms with Crippen molar-refractivity contribution in [3.63, 3.8) is 0 Å². The van der Waals surface area contributed by atoms with E-state index in [9.17, 15) is 9.18 Å². The number of hydrogen-bond acceptors (Lipinski definition) is 8. The van der Waals surface area contributed by atoms with E-state index in [4.69, 9.17) is 30.3 Å². The summed E-state index contributed by atoms with van der Waals surface area (Å²) in [5.41, 5.74) is 1.51. The van der Waals surface area contributed by atoms with Gasteiger partial charge in [-0.15, -0.1) is 0 Å². The Morgan fingerprint density at radius 3 is 2.61 bits per heavy atom. The molecule has 0 aliphatic rings. The summed E-state index contributed by atoms with van der Waals surface area (Å²) in [6, 6.07) is 10.7. The Morgan fingerprint density at radius 2 is 1.91 bits per heavy atom. The van der Waals surface area contributed by atoms with E-state index in [1.165, 1.54) is 36.1 Å². The summed E-state index contributed by atoms with van der Waals surface area (Å²) in [5.74, 6) is 0.336. The van der Waals surface area contributed by atoms with Crippen LogP contribution in [0, 0.1) is 12.7 Å². The summed E-state index contributed by atoms with van der Waals surface area (Å²) in [7, 11) is 3.06. The van der Waals surface area contributed by atoms with Gasteiger partial charge in [-0.1, -0.05) is 16.8 Å². The molecule has 170 valence electrons. The van der Waals surface area contributed by atoms with Crippen molar-refractivity contribution in [2.75, 3.05) is 14.2 Å². The molecular formula is C22H18ClFN4O5. The third kappa shape index (κ3) is 4.51. The van der Waals surface area contributed by atoms with E-state index in [1.807, 2.05) is 0 Å². The number of rotatable bonds is 7. The molecule has 0 N–H and O–H groups in total. The second-order valence-corrected chi connectivity index (χ2v) is 7.15. The van der Waals surface area contributed by atoms with Gasteiger partial charge in [-0.3, -0.25) is 0 Å². The Balaban J connectivity index is 1.49. The number of ether oxygens (including phenoxy) is 3. The summed E-state index contributed by atoms with van der Waals surface area (Å²) < 4.78 is 35.5.